The van der Waals surface area contributed by atoms with Crippen LogP contribution in [0.2, 0.25) is 0 Å². The number of hydrogen-bond acceptors (Lipinski definition) is 10. The molecule has 2 heterocycles. The summed E-state index contributed by atoms with van der Waals surface area (Å²) in [5.74, 6) is -2.53. The Labute approximate surface area is 227 Å². The fourth-order valence-electron chi connectivity index (χ4n) is 5.58. The van der Waals surface area contributed by atoms with E-state index in [2.05, 4.69) is 0 Å². The molecule has 4 aromatic rings. The van der Waals surface area contributed by atoms with Gasteiger partial charge in [-0.2, -0.15) is 0 Å². The molecule has 0 bridgehead atoms. The van der Waals surface area contributed by atoms with Gasteiger partial charge < -0.3 is 50.3 Å². The summed E-state index contributed by atoms with van der Waals surface area (Å²) in [6.07, 6.45) is -4.37. The van der Waals surface area contributed by atoms with Crippen molar-refractivity contribution in [2.24, 2.45) is 0 Å². The predicted molar refractivity (Wildman–Crippen MR) is 140 cm³/mol. The molecular formula is C30H26O10. The van der Waals surface area contributed by atoms with Crippen LogP contribution in [0.5, 0.6) is 46.0 Å². The maximum atomic E-state index is 11.7. The number of phenols is 6. The lowest BCUT2D eigenvalue weighted by Gasteiger charge is -2.40. The van der Waals surface area contributed by atoms with Crippen molar-refractivity contribution < 1.29 is 50.3 Å². The van der Waals surface area contributed by atoms with Crippen LogP contribution in [0.25, 0.3) is 0 Å². The molecule has 40 heavy (non-hydrogen) atoms. The summed E-state index contributed by atoms with van der Waals surface area (Å²) in [6, 6.07) is 15.4. The normalized spacial score (nSPS) is 23.4. The largest absolute Gasteiger partial charge is 0.508 e. The van der Waals surface area contributed by atoms with Gasteiger partial charge in [0.2, 0.25) is 0 Å². The molecule has 2 aliphatic rings. The Morgan fingerprint density at radius 1 is 0.575 bits per heavy atom. The molecule has 2 aliphatic heterocycles. The molecule has 6 rings (SSSR count). The number of rotatable bonds is 3. The topological polar surface area (TPSA) is 180 Å². The van der Waals surface area contributed by atoms with E-state index in [0.717, 1.165) is 6.07 Å². The van der Waals surface area contributed by atoms with Gasteiger partial charge in [0, 0.05) is 29.7 Å². The van der Waals surface area contributed by atoms with Gasteiger partial charge in [0.1, 0.15) is 46.7 Å². The van der Waals surface area contributed by atoms with Gasteiger partial charge in [0.25, 0.3) is 0 Å². The molecule has 4 aromatic carbocycles. The van der Waals surface area contributed by atoms with Gasteiger partial charge in [0.15, 0.2) is 17.6 Å². The fraction of sp³-hybridized carbons (Fsp3) is 0.200. The van der Waals surface area contributed by atoms with Gasteiger partial charge in [0.05, 0.1) is 12.0 Å². The lowest BCUT2D eigenvalue weighted by molar-refractivity contribution is 0.00148. The summed E-state index contributed by atoms with van der Waals surface area (Å²) in [5, 5.41) is 84.4. The third-order valence-corrected chi connectivity index (χ3v) is 7.46. The van der Waals surface area contributed by atoms with E-state index >= 15 is 0 Å². The van der Waals surface area contributed by atoms with Crippen molar-refractivity contribution in [2.45, 2.75) is 36.8 Å². The maximum absolute atomic E-state index is 11.7. The summed E-state index contributed by atoms with van der Waals surface area (Å²) < 4.78 is 12.3. The number of aromatic hydroxyl groups is 6. The van der Waals surface area contributed by atoms with E-state index < -0.39 is 36.1 Å². The molecule has 206 valence electrons. The minimum Gasteiger partial charge on any atom is -0.508 e. The number of phenolic OH excluding ortho intramolecular Hbond substituents is 6. The van der Waals surface area contributed by atoms with Crippen LogP contribution in [-0.2, 0) is 6.42 Å². The quantitative estimate of drug-likeness (QED) is 0.177. The van der Waals surface area contributed by atoms with E-state index in [1.165, 1.54) is 42.5 Å². The van der Waals surface area contributed by atoms with Crippen molar-refractivity contribution in [3.8, 4) is 46.0 Å². The average Bonchev–Trinajstić information content (AvgIpc) is 2.91. The highest BCUT2D eigenvalue weighted by Gasteiger charge is 2.45. The van der Waals surface area contributed by atoms with Crippen LogP contribution in [-0.4, -0.2) is 53.1 Å². The average molecular weight is 547 g/mol. The van der Waals surface area contributed by atoms with E-state index in [9.17, 15) is 40.9 Å². The highest BCUT2D eigenvalue weighted by Crippen LogP contribution is 2.55. The van der Waals surface area contributed by atoms with Crippen molar-refractivity contribution >= 4 is 0 Å². The second kappa shape index (κ2) is 9.44. The van der Waals surface area contributed by atoms with E-state index in [1.54, 1.807) is 18.2 Å². The summed E-state index contributed by atoms with van der Waals surface area (Å²) in [5.41, 5.74) is 1.61. The van der Waals surface area contributed by atoms with Crippen LogP contribution in [0, 0.1) is 0 Å². The van der Waals surface area contributed by atoms with Gasteiger partial charge in [-0.1, -0.05) is 24.3 Å². The molecule has 0 saturated carbocycles. The minimum absolute atomic E-state index is 0.00864. The van der Waals surface area contributed by atoms with Crippen LogP contribution in [0.3, 0.4) is 0 Å². The van der Waals surface area contributed by atoms with Gasteiger partial charge >= 0.3 is 0 Å². The fourth-order valence-corrected chi connectivity index (χ4v) is 5.58. The lowest BCUT2D eigenvalue weighted by atomic mass is 9.77. The number of ether oxygens (including phenoxy) is 2. The number of hydrogen-bond donors (Lipinski definition) is 8. The summed E-state index contributed by atoms with van der Waals surface area (Å²) >= 11 is 0. The molecule has 0 aliphatic carbocycles. The van der Waals surface area contributed by atoms with Crippen molar-refractivity contribution in [1.82, 2.24) is 0 Å². The van der Waals surface area contributed by atoms with E-state index in [0.29, 0.717) is 16.7 Å². The summed E-state index contributed by atoms with van der Waals surface area (Å²) in [4.78, 5) is 0. The van der Waals surface area contributed by atoms with Gasteiger partial charge in [-0.05, 0) is 47.0 Å². The number of benzene rings is 4. The molecule has 0 unspecified atom stereocenters. The van der Waals surface area contributed by atoms with E-state index in [-0.39, 0.29) is 57.8 Å². The Kier molecular flexibility index (Phi) is 6.01. The molecule has 0 aromatic heterocycles. The third kappa shape index (κ3) is 4.14. The smallest absolute Gasteiger partial charge is 0.157 e. The molecule has 10 nitrogen and oxygen atoms in total. The number of aliphatic hydroxyl groups excluding tert-OH is 2. The lowest BCUT2D eigenvalue weighted by Crippen LogP contribution is -2.36. The second-order valence-electron chi connectivity index (χ2n) is 10.0. The molecule has 10 heteroatoms. The van der Waals surface area contributed by atoms with Gasteiger partial charge in [-0.3, -0.25) is 0 Å². The highest BCUT2D eigenvalue weighted by atomic mass is 16.5. The summed E-state index contributed by atoms with van der Waals surface area (Å²) in [7, 11) is 0. The predicted octanol–water partition coefficient (Wildman–Crippen LogP) is 3.58. The third-order valence-electron chi connectivity index (χ3n) is 7.46. The van der Waals surface area contributed by atoms with Crippen molar-refractivity contribution in [3.63, 3.8) is 0 Å². The van der Waals surface area contributed by atoms with Crippen LogP contribution < -0.4 is 9.47 Å². The Morgan fingerprint density at radius 3 is 2.00 bits per heavy atom. The molecule has 8 N–H and O–H groups in total. The van der Waals surface area contributed by atoms with E-state index in [1.807, 2.05) is 0 Å². The maximum Gasteiger partial charge on any atom is 0.157 e. The molecule has 0 saturated heterocycles. The SMILES string of the molecule is Oc1ccc([C@H]2Oc3cc(O)cc(O)c3[C@H](c3c(O)ccc4c3O[C@H](c3ccc(O)c(O)c3)[C@H](O)C4)[C@@H]2O)cc1. The first kappa shape index (κ1) is 25.5. The minimum atomic E-state index is -1.39. The first-order valence-corrected chi connectivity index (χ1v) is 12.5. The Bertz CT molecular complexity index is 1600. The zero-order valence-electron chi connectivity index (χ0n) is 20.8. The Hall–Kier alpha value is -4.80. The first-order chi connectivity index (χ1) is 19.1. The van der Waals surface area contributed by atoms with Crippen molar-refractivity contribution in [2.75, 3.05) is 0 Å². The van der Waals surface area contributed by atoms with Gasteiger partial charge in [-0.15, -0.1) is 0 Å². The Morgan fingerprint density at radius 2 is 1.27 bits per heavy atom. The second-order valence-corrected chi connectivity index (χ2v) is 10.0. The molecule has 0 fully saturated rings. The van der Waals surface area contributed by atoms with Crippen molar-refractivity contribution in [1.29, 1.82) is 0 Å². The zero-order valence-corrected chi connectivity index (χ0v) is 20.8. The van der Waals surface area contributed by atoms with Gasteiger partial charge in [-0.25, -0.2) is 0 Å². The molecule has 0 radical (unpaired) electrons. The number of aliphatic hydroxyl groups is 2. The molecule has 0 amide bonds. The van der Waals surface area contributed by atoms with Crippen LogP contribution in [0.15, 0.2) is 66.7 Å². The van der Waals surface area contributed by atoms with Crippen LogP contribution >= 0.6 is 0 Å². The monoisotopic (exact) mass is 546 g/mol. The molecule has 0 spiro atoms. The molecular weight excluding hydrogens is 520 g/mol. The first-order valence-electron chi connectivity index (χ1n) is 12.5. The standard InChI is InChI=1S/C30H26O10/c31-16-5-1-13(2-6-16)30-27(38)26(24-21(36)11-17(32)12-23(24)39-30)25-19(34)8-4-15-10-22(37)28(40-29(15)25)14-3-7-18(33)20(35)9-14/h1-9,11-12,22,26-28,30-38H,10H2/t22-,26-,27+,28-,30-/m1/s1. The highest BCUT2D eigenvalue weighted by molar-refractivity contribution is 5.63. The van der Waals surface area contributed by atoms with Crippen molar-refractivity contribution in [3.05, 3.63) is 94.5 Å². The van der Waals surface area contributed by atoms with Crippen LogP contribution in [0.1, 0.15) is 45.9 Å². The zero-order chi connectivity index (χ0) is 28.3. The molecule has 5 atom stereocenters. The summed E-state index contributed by atoms with van der Waals surface area (Å²) in [6.45, 7) is 0. The van der Waals surface area contributed by atoms with E-state index in [4.69, 9.17) is 9.47 Å². The number of fused-ring (bicyclic) bond motifs is 2. The van der Waals surface area contributed by atoms with Crippen LogP contribution in [0.4, 0.5) is 0 Å². The Balaban J connectivity index is 1.52.